The van der Waals surface area contributed by atoms with E-state index < -0.39 is 22.0 Å². The van der Waals surface area contributed by atoms with E-state index in [9.17, 15) is 18.3 Å². The summed E-state index contributed by atoms with van der Waals surface area (Å²) in [5.74, 6) is -0.370. The van der Waals surface area contributed by atoms with Gasteiger partial charge in [0.15, 0.2) is 0 Å². The van der Waals surface area contributed by atoms with E-state index in [1.807, 2.05) is 0 Å². The first-order valence-corrected chi connectivity index (χ1v) is 8.44. The SMILES string of the molecule is O=C(O)C1CCCCN1S(=O)(=O)c1ccc2c(c1)CCO2. The van der Waals surface area contributed by atoms with Crippen molar-refractivity contribution in [2.24, 2.45) is 0 Å². The molecule has 0 aromatic heterocycles. The molecule has 1 fully saturated rings. The van der Waals surface area contributed by atoms with Gasteiger partial charge in [-0.15, -0.1) is 0 Å². The van der Waals surface area contributed by atoms with Crippen molar-refractivity contribution in [2.45, 2.75) is 36.6 Å². The van der Waals surface area contributed by atoms with E-state index in [4.69, 9.17) is 4.74 Å². The fraction of sp³-hybridized carbons (Fsp3) is 0.500. The lowest BCUT2D eigenvalue weighted by molar-refractivity contribution is -0.142. The Morgan fingerprint density at radius 2 is 2.14 bits per heavy atom. The molecule has 7 heteroatoms. The molecule has 0 spiro atoms. The van der Waals surface area contributed by atoms with Crippen molar-refractivity contribution in [1.29, 1.82) is 0 Å². The third-order valence-corrected chi connectivity index (χ3v) is 5.91. The van der Waals surface area contributed by atoms with Crippen molar-refractivity contribution >= 4 is 16.0 Å². The van der Waals surface area contributed by atoms with Gasteiger partial charge in [0.05, 0.1) is 11.5 Å². The summed E-state index contributed by atoms with van der Waals surface area (Å²) >= 11 is 0. The maximum atomic E-state index is 12.7. The monoisotopic (exact) mass is 311 g/mol. The molecule has 21 heavy (non-hydrogen) atoms. The minimum absolute atomic E-state index is 0.153. The Morgan fingerprint density at radius 3 is 2.90 bits per heavy atom. The van der Waals surface area contributed by atoms with E-state index in [-0.39, 0.29) is 11.4 Å². The van der Waals surface area contributed by atoms with Crippen LogP contribution < -0.4 is 4.74 Å². The largest absolute Gasteiger partial charge is 0.493 e. The van der Waals surface area contributed by atoms with Crippen LogP contribution in [0, 0.1) is 0 Å². The Balaban J connectivity index is 1.97. The fourth-order valence-corrected chi connectivity index (χ4v) is 4.60. The lowest BCUT2D eigenvalue weighted by Gasteiger charge is -2.31. The molecule has 1 atom stereocenters. The second-order valence-electron chi connectivity index (χ2n) is 5.33. The molecule has 2 heterocycles. The van der Waals surface area contributed by atoms with Gasteiger partial charge in [-0.3, -0.25) is 4.79 Å². The molecule has 1 aromatic carbocycles. The number of aliphatic carboxylic acids is 1. The van der Waals surface area contributed by atoms with E-state index in [0.717, 1.165) is 16.3 Å². The zero-order valence-electron chi connectivity index (χ0n) is 11.5. The van der Waals surface area contributed by atoms with Gasteiger partial charge in [-0.25, -0.2) is 8.42 Å². The van der Waals surface area contributed by atoms with Crippen molar-refractivity contribution in [1.82, 2.24) is 4.31 Å². The Kier molecular flexibility index (Phi) is 3.62. The molecule has 1 unspecified atom stereocenters. The number of sulfonamides is 1. The van der Waals surface area contributed by atoms with E-state index in [1.54, 1.807) is 12.1 Å². The van der Waals surface area contributed by atoms with E-state index >= 15 is 0 Å². The predicted molar refractivity (Wildman–Crippen MR) is 74.8 cm³/mol. The summed E-state index contributed by atoms with van der Waals surface area (Å²) in [5.41, 5.74) is 0.861. The maximum Gasteiger partial charge on any atom is 0.322 e. The molecule has 1 aromatic rings. The molecule has 2 aliphatic heterocycles. The Morgan fingerprint density at radius 1 is 1.33 bits per heavy atom. The molecule has 0 radical (unpaired) electrons. The highest BCUT2D eigenvalue weighted by atomic mass is 32.2. The van der Waals surface area contributed by atoms with Crippen LogP contribution in [0.5, 0.6) is 5.75 Å². The number of fused-ring (bicyclic) bond motifs is 1. The van der Waals surface area contributed by atoms with Crippen LogP contribution in [-0.2, 0) is 21.2 Å². The molecule has 1 saturated heterocycles. The van der Waals surface area contributed by atoms with Crippen LogP contribution in [-0.4, -0.2) is 43.0 Å². The van der Waals surface area contributed by atoms with Crippen LogP contribution in [0.1, 0.15) is 24.8 Å². The van der Waals surface area contributed by atoms with Crippen LogP contribution in [0.2, 0.25) is 0 Å². The smallest absolute Gasteiger partial charge is 0.322 e. The number of carbonyl (C=O) groups is 1. The second kappa shape index (κ2) is 5.31. The lowest BCUT2D eigenvalue weighted by Crippen LogP contribution is -2.47. The second-order valence-corrected chi connectivity index (χ2v) is 7.22. The van der Waals surface area contributed by atoms with Gasteiger partial charge in [0, 0.05) is 13.0 Å². The van der Waals surface area contributed by atoms with Gasteiger partial charge in [-0.1, -0.05) is 0 Å². The number of piperidine rings is 1. The van der Waals surface area contributed by atoms with Crippen LogP contribution in [0.4, 0.5) is 0 Å². The predicted octanol–water partition coefficient (Wildman–Crippen LogP) is 1.25. The van der Waals surface area contributed by atoms with Crippen LogP contribution >= 0.6 is 0 Å². The maximum absolute atomic E-state index is 12.7. The van der Waals surface area contributed by atoms with E-state index in [2.05, 4.69) is 0 Å². The van der Waals surface area contributed by atoms with Gasteiger partial charge in [0.1, 0.15) is 11.8 Å². The van der Waals surface area contributed by atoms with Gasteiger partial charge in [-0.2, -0.15) is 4.31 Å². The number of nitrogens with zero attached hydrogens (tertiary/aromatic N) is 1. The summed E-state index contributed by atoms with van der Waals surface area (Å²) < 4.78 is 31.9. The summed E-state index contributed by atoms with van der Waals surface area (Å²) in [7, 11) is -3.78. The van der Waals surface area contributed by atoms with Gasteiger partial charge >= 0.3 is 5.97 Å². The highest BCUT2D eigenvalue weighted by Crippen LogP contribution is 2.31. The first-order chi connectivity index (χ1) is 10.00. The average Bonchev–Trinajstić information content (AvgIpc) is 2.94. The van der Waals surface area contributed by atoms with Crippen LogP contribution in [0.3, 0.4) is 0 Å². The normalized spacial score (nSPS) is 22.6. The van der Waals surface area contributed by atoms with Crippen molar-refractivity contribution in [3.05, 3.63) is 23.8 Å². The number of hydrogen-bond donors (Lipinski definition) is 1. The third kappa shape index (κ3) is 2.51. The molecule has 114 valence electrons. The number of hydrogen-bond acceptors (Lipinski definition) is 4. The van der Waals surface area contributed by atoms with Crippen molar-refractivity contribution in [3.8, 4) is 5.75 Å². The Labute approximate surface area is 123 Å². The highest BCUT2D eigenvalue weighted by Gasteiger charge is 2.37. The van der Waals surface area contributed by atoms with Crippen LogP contribution in [0.15, 0.2) is 23.1 Å². The number of ether oxygens (including phenoxy) is 1. The zero-order valence-corrected chi connectivity index (χ0v) is 12.3. The van der Waals surface area contributed by atoms with Crippen LogP contribution in [0.25, 0.3) is 0 Å². The third-order valence-electron chi connectivity index (χ3n) is 4.01. The standard InChI is InChI=1S/C14H17NO5S/c16-14(17)12-3-1-2-7-15(12)21(18,19)11-4-5-13-10(9-11)6-8-20-13/h4-5,9,12H,1-3,6-8H2,(H,16,17). The highest BCUT2D eigenvalue weighted by molar-refractivity contribution is 7.89. The molecule has 0 bridgehead atoms. The van der Waals surface area contributed by atoms with E-state index in [1.165, 1.54) is 6.07 Å². The van der Waals surface area contributed by atoms with Gasteiger partial charge in [-0.05, 0) is 43.0 Å². The zero-order chi connectivity index (χ0) is 15.0. The van der Waals surface area contributed by atoms with Gasteiger partial charge < -0.3 is 9.84 Å². The number of rotatable bonds is 3. The average molecular weight is 311 g/mol. The van der Waals surface area contributed by atoms with Gasteiger partial charge in [0.25, 0.3) is 0 Å². The molecule has 0 saturated carbocycles. The summed E-state index contributed by atoms with van der Waals surface area (Å²) in [5, 5.41) is 9.25. The number of benzene rings is 1. The summed E-state index contributed by atoms with van der Waals surface area (Å²) in [6, 6.07) is 3.78. The van der Waals surface area contributed by atoms with E-state index in [0.29, 0.717) is 31.6 Å². The van der Waals surface area contributed by atoms with Crippen molar-refractivity contribution in [2.75, 3.05) is 13.2 Å². The molecule has 0 amide bonds. The molecule has 2 aliphatic rings. The Bertz CT molecular complexity index is 670. The first kappa shape index (κ1) is 14.3. The quantitative estimate of drug-likeness (QED) is 0.908. The molecular formula is C14H17NO5S. The molecule has 0 aliphatic carbocycles. The van der Waals surface area contributed by atoms with Crippen molar-refractivity contribution < 1.29 is 23.1 Å². The molecule has 6 nitrogen and oxygen atoms in total. The summed E-state index contributed by atoms with van der Waals surface area (Å²) in [6.45, 7) is 0.813. The molecule has 1 N–H and O–H groups in total. The minimum Gasteiger partial charge on any atom is -0.493 e. The molecular weight excluding hydrogens is 294 g/mol. The first-order valence-electron chi connectivity index (χ1n) is 7.00. The number of carboxylic acid groups (broad SMARTS) is 1. The number of carboxylic acids is 1. The lowest BCUT2D eigenvalue weighted by atomic mass is 10.1. The molecule has 3 rings (SSSR count). The summed E-state index contributed by atoms with van der Waals surface area (Å²) in [6.07, 6.45) is 2.47. The summed E-state index contributed by atoms with van der Waals surface area (Å²) in [4.78, 5) is 11.5. The Hall–Kier alpha value is -1.60. The van der Waals surface area contributed by atoms with Crippen molar-refractivity contribution in [3.63, 3.8) is 0 Å². The topological polar surface area (TPSA) is 83.9 Å². The van der Waals surface area contributed by atoms with Gasteiger partial charge in [0.2, 0.25) is 10.0 Å². The fourth-order valence-electron chi connectivity index (χ4n) is 2.90. The minimum atomic E-state index is -3.78.